The van der Waals surface area contributed by atoms with Crippen LogP contribution in [0, 0.1) is 12.3 Å². The average Bonchev–Trinajstić information content (AvgIpc) is 2.99. The molecule has 1 fully saturated rings. The van der Waals surface area contributed by atoms with Gasteiger partial charge in [0.25, 0.3) is 5.91 Å². The van der Waals surface area contributed by atoms with Gasteiger partial charge in [0.15, 0.2) is 5.82 Å². The number of aryl methyl sites for hydroxylation is 2. The molecule has 0 spiro atoms. The Balaban J connectivity index is 1.88. The van der Waals surface area contributed by atoms with Crippen molar-refractivity contribution in [2.24, 2.45) is 12.5 Å². The molecule has 1 aliphatic rings. The highest BCUT2D eigenvalue weighted by molar-refractivity contribution is 6.08. The number of nitrogens with one attached hydrogen (secondary N) is 1. The number of pyridine rings is 1. The lowest BCUT2D eigenvalue weighted by molar-refractivity contribution is -0.124. The van der Waals surface area contributed by atoms with Crippen molar-refractivity contribution in [3.05, 3.63) is 35.8 Å². The molecular formula is C17H21N5O2. The Bertz CT molecular complexity index is 809. The Morgan fingerprint density at radius 2 is 2.08 bits per heavy atom. The lowest BCUT2D eigenvalue weighted by Gasteiger charge is -2.18. The van der Waals surface area contributed by atoms with Crippen molar-refractivity contribution in [3.63, 3.8) is 0 Å². The summed E-state index contributed by atoms with van der Waals surface area (Å²) in [4.78, 5) is 30.7. The third-order valence-corrected chi connectivity index (χ3v) is 4.23. The molecule has 0 aromatic carbocycles. The molecule has 2 aromatic heterocycles. The van der Waals surface area contributed by atoms with E-state index < -0.39 is 5.41 Å². The number of hydrogen-bond donors (Lipinski definition) is 1. The molecule has 24 heavy (non-hydrogen) atoms. The second-order valence-corrected chi connectivity index (χ2v) is 6.84. The van der Waals surface area contributed by atoms with Crippen LogP contribution in [0.4, 0.5) is 11.5 Å². The summed E-state index contributed by atoms with van der Waals surface area (Å²) in [6.45, 7) is 6.33. The monoisotopic (exact) mass is 327 g/mol. The fourth-order valence-electron chi connectivity index (χ4n) is 2.81. The van der Waals surface area contributed by atoms with Crippen molar-refractivity contribution in [2.75, 3.05) is 16.8 Å². The summed E-state index contributed by atoms with van der Waals surface area (Å²) in [5.41, 5.74) is 1.50. The molecule has 2 amide bonds. The molecule has 3 heterocycles. The molecule has 0 aliphatic carbocycles. The quantitative estimate of drug-likeness (QED) is 0.936. The number of amides is 2. The van der Waals surface area contributed by atoms with Gasteiger partial charge in [-0.2, -0.15) is 5.10 Å². The van der Waals surface area contributed by atoms with E-state index in [1.807, 2.05) is 20.8 Å². The number of anilines is 2. The van der Waals surface area contributed by atoms with Crippen molar-refractivity contribution in [1.82, 2.24) is 14.8 Å². The summed E-state index contributed by atoms with van der Waals surface area (Å²) in [6.07, 6.45) is 5.67. The van der Waals surface area contributed by atoms with Gasteiger partial charge < -0.3 is 5.32 Å². The summed E-state index contributed by atoms with van der Waals surface area (Å²) in [5.74, 6) is 0.238. The smallest absolute Gasteiger partial charge is 0.257 e. The van der Waals surface area contributed by atoms with Gasteiger partial charge in [0.05, 0.1) is 11.8 Å². The zero-order valence-corrected chi connectivity index (χ0v) is 14.3. The van der Waals surface area contributed by atoms with E-state index in [1.54, 1.807) is 35.1 Å². The zero-order chi connectivity index (χ0) is 17.5. The molecule has 0 unspecified atom stereocenters. The van der Waals surface area contributed by atoms with Crippen molar-refractivity contribution in [2.45, 2.75) is 27.2 Å². The number of rotatable bonds is 3. The highest BCUT2D eigenvalue weighted by Crippen LogP contribution is 2.36. The SMILES string of the molecule is Cc1cncc(C(=O)Nc2cn(C)nc2N2CCC(C)(C)C2=O)c1. The lowest BCUT2D eigenvalue weighted by atomic mass is 9.92. The van der Waals surface area contributed by atoms with Gasteiger partial charge in [0.2, 0.25) is 5.91 Å². The van der Waals surface area contributed by atoms with E-state index in [0.717, 1.165) is 12.0 Å². The highest BCUT2D eigenvalue weighted by Gasteiger charge is 2.41. The molecule has 7 nitrogen and oxygen atoms in total. The Kier molecular flexibility index (Phi) is 3.87. The van der Waals surface area contributed by atoms with Crippen LogP contribution >= 0.6 is 0 Å². The highest BCUT2D eigenvalue weighted by atomic mass is 16.2. The molecule has 0 bridgehead atoms. The van der Waals surface area contributed by atoms with Crippen LogP contribution in [0.25, 0.3) is 0 Å². The molecule has 0 atom stereocenters. The van der Waals surface area contributed by atoms with Crippen LogP contribution in [-0.2, 0) is 11.8 Å². The summed E-state index contributed by atoms with van der Waals surface area (Å²) < 4.78 is 1.60. The first-order valence-corrected chi connectivity index (χ1v) is 7.86. The van der Waals surface area contributed by atoms with E-state index in [2.05, 4.69) is 15.4 Å². The summed E-state index contributed by atoms with van der Waals surface area (Å²) in [7, 11) is 1.76. The van der Waals surface area contributed by atoms with Crippen LogP contribution in [-0.4, -0.2) is 33.1 Å². The lowest BCUT2D eigenvalue weighted by Crippen LogP contribution is -2.32. The number of carbonyl (C=O) groups excluding carboxylic acids is 2. The van der Waals surface area contributed by atoms with Gasteiger partial charge in [0.1, 0.15) is 5.69 Å². The normalized spacial score (nSPS) is 16.5. The minimum absolute atomic E-state index is 0.0221. The fraction of sp³-hybridized carbons (Fsp3) is 0.412. The van der Waals surface area contributed by atoms with Gasteiger partial charge in [-0.1, -0.05) is 13.8 Å². The van der Waals surface area contributed by atoms with Crippen molar-refractivity contribution >= 4 is 23.3 Å². The van der Waals surface area contributed by atoms with Gasteiger partial charge >= 0.3 is 0 Å². The van der Waals surface area contributed by atoms with Crippen LogP contribution in [0.3, 0.4) is 0 Å². The molecule has 3 rings (SSSR count). The third kappa shape index (κ3) is 2.89. The topological polar surface area (TPSA) is 80.1 Å². The molecule has 126 valence electrons. The van der Waals surface area contributed by atoms with E-state index in [0.29, 0.717) is 23.6 Å². The van der Waals surface area contributed by atoms with E-state index in [1.165, 1.54) is 6.20 Å². The van der Waals surface area contributed by atoms with Gasteiger partial charge in [-0.05, 0) is 25.0 Å². The molecule has 0 radical (unpaired) electrons. The van der Waals surface area contributed by atoms with Crippen LogP contribution in [0.5, 0.6) is 0 Å². The number of hydrogen-bond acceptors (Lipinski definition) is 4. The van der Waals surface area contributed by atoms with Crippen molar-refractivity contribution in [3.8, 4) is 0 Å². The van der Waals surface area contributed by atoms with Crippen LogP contribution in [0.2, 0.25) is 0 Å². The Morgan fingerprint density at radius 1 is 1.33 bits per heavy atom. The third-order valence-electron chi connectivity index (χ3n) is 4.23. The Labute approximate surface area is 140 Å². The molecule has 0 saturated carbocycles. The zero-order valence-electron chi connectivity index (χ0n) is 14.3. The summed E-state index contributed by atoms with van der Waals surface area (Å²) in [5, 5.41) is 7.21. The van der Waals surface area contributed by atoms with E-state index in [-0.39, 0.29) is 11.8 Å². The van der Waals surface area contributed by atoms with Gasteiger partial charge in [-0.15, -0.1) is 0 Å². The van der Waals surface area contributed by atoms with Crippen LogP contribution in [0.15, 0.2) is 24.7 Å². The molecule has 2 aromatic rings. The van der Waals surface area contributed by atoms with E-state index in [4.69, 9.17) is 0 Å². The molecule has 1 aliphatic heterocycles. The maximum absolute atomic E-state index is 12.5. The number of carbonyl (C=O) groups is 2. The van der Waals surface area contributed by atoms with Crippen molar-refractivity contribution in [1.29, 1.82) is 0 Å². The minimum atomic E-state index is -0.404. The second kappa shape index (κ2) is 5.74. The van der Waals surface area contributed by atoms with Crippen LogP contribution in [0.1, 0.15) is 36.2 Å². The summed E-state index contributed by atoms with van der Waals surface area (Å²) in [6, 6.07) is 1.77. The first kappa shape index (κ1) is 16.2. The second-order valence-electron chi connectivity index (χ2n) is 6.84. The van der Waals surface area contributed by atoms with E-state index in [9.17, 15) is 9.59 Å². The molecule has 7 heteroatoms. The predicted molar refractivity (Wildman–Crippen MR) is 90.9 cm³/mol. The Hall–Kier alpha value is -2.70. The van der Waals surface area contributed by atoms with Crippen LogP contribution < -0.4 is 10.2 Å². The first-order chi connectivity index (χ1) is 11.3. The largest absolute Gasteiger partial charge is 0.317 e. The maximum atomic E-state index is 12.5. The fourth-order valence-corrected chi connectivity index (χ4v) is 2.81. The molecule has 1 N–H and O–H groups in total. The average molecular weight is 327 g/mol. The van der Waals surface area contributed by atoms with E-state index >= 15 is 0 Å². The van der Waals surface area contributed by atoms with Gasteiger partial charge in [-0.3, -0.25) is 24.2 Å². The molecular weight excluding hydrogens is 306 g/mol. The Morgan fingerprint density at radius 3 is 2.71 bits per heavy atom. The first-order valence-electron chi connectivity index (χ1n) is 7.86. The maximum Gasteiger partial charge on any atom is 0.257 e. The number of nitrogens with zero attached hydrogens (tertiary/aromatic N) is 4. The van der Waals surface area contributed by atoms with Gasteiger partial charge in [-0.25, -0.2) is 0 Å². The predicted octanol–water partition coefficient (Wildman–Crippen LogP) is 2.14. The standard InChI is InChI=1S/C17H21N5O2/c1-11-7-12(9-18-8-11)15(23)19-13-10-21(4)20-14(13)22-6-5-17(2,3)16(22)24/h7-10H,5-6H2,1-4H3,(H,19,23). The molecule has 1 saturated heterocycles. The summed E-state index contributed by atoms with van der Waals surface area (Å²) >= 11 is 0. The number of aromatic nitrogens is 3. The minimum Gasteiger partial charge on any atom is -0.317 e. The van der Waals surface area contributed by atoms with Gasteiger partial charge in [0, 0.05) is 31.4 Å². The van der Waals surface area contributed by atoms with Crippen molar-refractivity contribution < 1.29 is 9.59 Å².